The molecule has 4 heteroatoms. The van der Waals surface area contributed by atoms with E-state index in [0.717, 1.165) is 0 Å². The Kier molecular flexibility index (Phi) is 3.66. The molecule has 1 aromatic carbocycles. The van der Waals surface area contributed by atoms with E-state index in [0.29, 0.717) is 28.9 Å². The first-order valence-corrected chi connectivity index (χ1v) is 4.49. The zero-order valence-electron chi connectivity index (χ0n) is 8.91. The van der Waals surface area contributed by atoms with Crippen LogP contribution < -0.4 is 9.47 Å². The molecular weight excluding hydrogens is 199 g/mol. The van der Waals surface area contributed by atoms with Crippen LogP contribution >= 0.6 is 0 Å². The number of rotatable bonds is 4. The van der Waals surface area contributed by atoms with E-state index in [4.69, 9.17) is 9.47 Å². The van der Waals surface area contributed by atoms with Crippen molar-refractivity contribution < 1.29 is 18.7 Å². The van der Waals surface area contributed by atoms with Gasteiger partial charge in [-0.15, -0.1) is 0 Å². The molecule has 0 N–H and O–H groups in total. The minimum absolute atomic E-state index is 0.317. The standard InChI is InChI=1S/C11H13FO3/c1-7(12)9-4-8(6-13)10(14-2)5-11(9)15-3/h4-7H,1-3H3. The van der Waals surface area contributed by atoms with Gasteiger partial charge in [0.2, 0.25) is 0 Å². The van der Waals surface area contributed by atoms with Crippen LogP contribution in [0.5, 0.6) is 11.5 Å². The molecule has 0 spiro atoms. The number of hydrogen-bond donors (Lipinski definition) is 0. The Morgan fingerprint density at radius 3 is 2.27 bits per heavy atom. The predicted octanol–water partition coefficient (Wildman–Crippen LogP) is 2.55. The Hall–Kier alpha value is -1.58. The molecule has 1 rings (SSSR count). The van der Waals surface area contributed by atoms with E-state index in [1.54, 1.807) is 0 Å². The molecule has 0 heterocycles. The summed E-state index contributed by atoms with van der Waals surface area (Å²) in [5.74, 6) is 0.763. The monoisotopic (exact) mass is 212 g/mol. The van der Waals surface area contributed by atoms with Crippen LogP contribution in [0.3, 0.4) is 0 Å². The van der Waals surface area contributed by atoms with E-state index in [1.165, 1.54) is 33.3 Å². The quantitative estimate of drug-likeness (QED) is 0.719. The number of ether oxygens (including phenoxy) is 2. The largest absolute Gasteiger partial charge is 0.496 e. The first kappa shape index (κ1) is 11.5. The third kappa shape index (κ3) is 2.26. The maximum atomic E-state index is 13.2. The fraction of sp³-hybridized carbons (Fsp3) is 0.364. The third-order valence-electron chi connectivity index (χ3n) is 2.14. The minimum atomic E-state index is -1.19. The van der Waals surface area contributed by atoms with Crippen LogP contribution in [0.1, 0.15) is 29.0 Å². The van der Waals surface area contributed by atoms with E-state index in [9.17, 15) is 9.18 Å². The van der Waals surface area contributed by atoms with Crippen LogP contribution in [-0.2, 0) is 0 Å². The molecule has 0 saturated heterocycles. The van der Waals surface area contributed by atoms with Crippen LogP contribution in [-0.4, -0.2) is 20.5 Å². The van der Waals surface area contributed by atoms with Gasteiger partial charge in [-0.05, 0) is 13.0 Å². The second kappa shape index (κ2) is 4.77. The summed E-state index contributed by atoms with van der Waals surface area (Å²) >= 11 is 0. The number of benzene rings is 1. The summed E-state index contributed by atoms with van der Waals surface area (Å²) in [4.78, 5) is 10.7. The average Bonchev–Trinajstić information content (AvgIpc) is 2.26. The molecule has 1 unspecified atom stereocenters. The van der Waals surface area contributed by atoms with E-state index in [-0.39, 0.29) is 0 Å². The fourth-order valence-corrected chi connectivity index (χ4v) is 1.35. The van der Waals surface area contributed by atoms with Gasteiger partial charge in [0.1, 0.15) is 17.7 Å². The van der Waals surface area contributed by atoms with Gasteiger partial charge < -0.3 is 9.47 Å². The Labute approximate surface area is 87.8 Å². The molecule has 0 aromatic heterocycles. The molecule has 0 radical (unpaired) electrons. The number of methoxy groups -OCH3 is 2. The second-order valence-electron chi connectivity index (χ2n) is 3.07. The molecular formula is C11H13FO3. The molecule has 1 atom stereocenters. The van der Waals surface area contributed by atoms with Crippen molar-refractivity contribution in [2.75, 3.05) is 14.2 Å². The van der Waals surface area contributed by atoms with Gasteiger partial charge in [0.15, 0.2) is 6.29 Å². The van der Waals surface area contributed by atoms with Crippen LogP contribution in [0.2, 0.25) is 0 Å². The summed E-state index contributed by atoms with van der Waals surface area (Å²) in [6, 6.07) is 2.95. The summed E-state index contributed by atoms with van der Waals surface area (Å²) < 4.78 is 23.2. The van der Waals surface area contributed by atoms with Gasteiger partial charge in [-0.3, -0.25) is 4.79 Å². The normalized spacial score (nSPS) is 12.0. The van der Waals surface area contributed by atoms with Crippen molar-refractivity contribution in [1.29, 1.82) is 0 Å². The lowest BCUT2D eigenvalue weighted by Gasteiger charge is -2.12. The molecule has 0 saturated carbocycles. The number of aldehydes is 1. The van der Waals surface area contributed by atoms with Crippen molar-refractivity contribution >= 4 is 6.29 Å². The number of halogens is 1. The second-order valence-corrected chi connectivity index (χ2v) is 3.07. The first-order valence-electron chi connectivity index (χ1n) is 4.49. The Morgan fingerprint density at radius 1 is 1.27 bits per heavy atom. The highest BCUT2D eigenvalue weighted by molar-refractivity contribution is 5.80. The van der Waals surface area contributed by atoms with Gasteiger partial charge >= 0.3 is 0 Å². The molecule has 82 valence electrons. The van der Waals surface area contributed by atoms with E-state index in [1.807, 2.05) is 0 Å². The third-order valence-corrected chi connectivity index (χ3v) is 2.14. The Morgan fingerprint density at radius 2 is 1.87 bits per heavy atom. The van der Waals surface area contributed by atoms with Crippen LogP contribution in [0.15, 0.2) is 12.1 Å². The maximum Gasteiger partial charge on any atom is 0.153 e. The predicted molar refractivity (Wildman–Crippen MR) is 54.5 cm³/mol. The summed E-state index contributed by atoms with van der Waals surface area (Å²) in [5.41, 5.74) is 0.665. The van der Waals surface area contributed by atoms with Gasteiger partial charge in [-0.2, -0.15) is 0 Å². The van der Waals surface area contributed by atoms with Crippen molar-refractivity contribution in [2.24, 2.45) is 0 Å². The zero-order chi connectivity index (χ0) is 11.4. The van der Waals surface area contributed by atoms with Gasteiger partial charge in [0.05, 0.1) is 19.8 Å². The Balaban J connectivity index is 3.33. The van der Waals surface area contributed by atoms with Crippen molar-refractivity contribution in [3.8, 4) is 11.5 Å². The highest BCUT2D eigenvalue weighted by Gasteiger charge is 2.15. The summed E-state index contributed by atoms with van der Waals surface area (Å²) in [5, 5.41) is 0. The summed E-state index contributed by atoms with van der Waals surface area (Å²) in [6.45, 7) is 1.39. The van der Waals surface area contributed by atoms with Crippen molar-refractivity contribution in [3.05, 3.63) is 23.3 Å². The van der Waals surface area contributed by atoms with Gasteiger partial charge in [0, 0.05) is 11.6 Å². The van der Waals surface area contributed by atoms with Crippen molar-refractivity contribution in [2.45, 2.75) is 13.1 Å². The van der Waals surface area contributed by atoms with Crippen molar-refractivity contribution in [1.82, 2.24) is 0 Å². The molecule has 3 nitrogen and oxygen atoms in total. The zero-order valence-corrected chi connectivity index (χ0v) is 8.91. The molecule has 0 aliphatic heterocycles. The van der Waals surface area contributed by atoms with E-state index >= 15 is 0 Å². The molecule has 0 bridgehead atoms. The number of alkyl halides is 1. The van der Waals surface area contributed by atoms with Crippen molar-refractivity contribution in [3.63, 3.8) is 0 Å². The molecule has 15 heavy (non-hydrogen) atoms. The van der Waals surface area contributed by atoms with Gasteiger partial charge in [-0.25, -0.2) is 4.39 Å². The van der Waals surface area contributed by atoms with Gasteiger partial charge in [-0.1, -0.05) is 0 Å². The highest BCUT2D eigenvalue weighted by atomic mass is 19.1. The van der Waals surface area contributed by atoms with Gasteiger partial charge in [0.25, 0.3) is 0 Å². The summed E-state index contributed by atoms with van der Waals surface area (Å²) in [7, 11) is 2.89. The Bertz CT molecular complexity index is 361. The van der Waals surface area contributed by atoms with E-state index in [2.05, 4.69) is 0 Å². The van der Waals surface area contributed by atoms with Crippen LogP contribution in [0.25, 0.3) is 0 Å². The fourth-order valence-electron chi connectivity index (χ4n) is 1.35. The van der Waals surface area contributed by atoms with E-state index < -0.39 is 6.17 Å². The lowest BCUT2D eigenvalue weighted by Crippen LogP contribution is -1.98. The summed E-state index contributed by atoms with van der Waals surface area (Å²) in [6.07, 6.45) is -0.561. The lowest BCUT2D eigenvalue weighted by molar-refractivity contribution is 0.112. The molecule has 0 amide bonds. The smallest absolute Gasteiger partial charge is 0.153 e. The van der Waals surface area contributed by atoms with Crippen LogP contribution in [0.4, 0.5) is 4.39 Å². The highest BCUT2D eigenvalue weighted by Crippen LogP contribution is 2.33. The molecule has 1 aromatic rings. The average molecular weight is 212 g/mol. The maximum absolute atomic E-state index is 13.2. The number of carbonyl (C=O) groups is 1. The molecule has 0 aliphatic rings. The minimum Gasteiger partial charge on any atom is -0.496 e. The first-order chi connectivity index (χ1) is 7.13. The molecule has 0 aliphatic carbocycles. The topological polar surface area (TPSA) is 35.5 Å². The lowest BCUT2D eigenvalue weighted by atomic mass is 10.1. The number of carbonyl (C=O) groups excluding carboxylic acids is 1. The molecule has 0 fully saturated rings. The number of hydrogen-bond acceptors (Lipinski definition) is 3. The van der Waals surface area contributed by atoms with Crippen LogP contribution in [0, 0.1) is 0 Å². The SMILES string of the molecule is COc1cc(OC)c(C(C)F)cc1C=O.